The largest absolute Gasteiger partial charge is 0.357 e. The number of aliphatic imine (C=N–C) groups is 1. The third-order valence-corrected chi connectivity index (χ3v) is 8.29. The molecular formula is C23H39N5S. The fraction of sp³-hybridized carbons (Fsp3) is 0.783. The van der Waals surface area contributed by atoms with Gasteiger partial charge in [0.2, 0.25) is 0 Å². The predicted molar refractivity (Wildman–Crippen MR) is 124 cm³/mol. The van der Waals surface area contributed by atoms with Gasteiger partial charge in [0.05, 0.1) is 0 Å². The highest BCUT2D eigenvalue weighted by Gasteiger charge is 2.36. The normalized spacial score (nSPS) is 34.2. The highest BCUT2D eigenvalue weighted by atomic mass is 32.1. The van der Waals surface area contributed by atoms with Crippen LogP contribution in [-0.2, 0) is 0 Å². The van der Waals surface area contributed by atoms with Crippen molar-refractivity contribution in [2.45, 2.75) is 76.0 Å². The number of likely N-dealkylation sites (tertiary alicyclic amines) is 1. The maximum atomic E-state index is 5.10. The topological polar surface area (TPSA) is 42.9 Å². The molecule has 0 aliphatic carbocycles. The van der Waals surface area contributed by atoms with Crippen LogP contribution in [0.5, 0.6) is 0 Å². The van der Waals surface area contributed by atoms with Gasteiger partial charge in [-0.25, -0.2) is 0 Å². The molecule has 3 fully saturated rings. The standard InChI is InChI=1S/C23H39N5S/c1-4-24-23(26-18-14-19-9-5-10-20(15-18)28(19)3)25-16-17-8-6-12-27(2)22(17)21-11-7-13-29-21/h7,11,13,17-20,22H,4-6,8-10,12,14-16H2,1-3H3,(H2,24,25,26). The van der Waals surface area contributed by atoms with Crippen molar-refractivity contribution in [3.05, 3.63) is 22.4 Å². The van der Waals surface area contributed by atoms with Gasteiger partial charge in [0.25, 0.3) is 0 Å². The highest BCUT2D eigenvalue weighted by molar-refractivity contribution is 7.10. The molecule has 4 atom stereocenters. The quantitative estimate of drug-likeness (QED) is 0.566. The zero-order valence-corrected chi connectivity index (χ0v) is 19.3. The van der Waals surface area contributed by atoms with E-state index in [4.69, 9.17) is 4.99 Å². The van der Waals surface area contributed by atoms with Crippen LogP contribution in [0.2, 0.25) is 0 Å². The monoisotopic (exact) mass is 417 g/mol. The Labute approximate surface area is 181 Å². The number of thiophene rings is 1. The van der Waals surface area contributed by atoms with Gasteiger partial charge in [-0.3, -0.25) is 9.89 Å². The van der Waals surface area contributed by atoms with Crippen molar-refractivity contribution in [1.29, 1.82) is 0 Å². The van der Waals surface area contributed by atoms with E-state index < -0.39 is 0 Å². The van der Waals surface area contributed by atoms with Gasteiger partial charge in [0.1, 0.15) is 0 Å². The van der Waals surface area contributed by atoms with Crippen molar-refractivity contribution in [3.63, 3.8) is 0 Å². The molecule has 2 bridgehead atoms. The SMILES string of the molecule is CCNC(=NCC1CCCN(C)C1c1cccs1)NC1CC2CCCC(C1)N2C. The first-order valence-corrected chi connectivity index (χ1v) is 12.5. The second-order valence-electron chi connectivity index (χ2n) is 9.28. The molecule has 3 saturated heterocycles. The summed E-state index contributed by atoms with van der Waals surface area (Å²) in [6.07, 6.45) is 9.17. The van der Waals surface area contributed by atoms with Crippen LogP contribution in [0.15, 0.2) is 22.5 Å². The van der Waals surface area contributed by atoms with Gasteiger partial charge in [0.15, 0.2) is 5.96 Å². The highest BCUT2D eigenvalue weighted by Crippen LogP contribution is 2.37. The molecule has 0 saturated carbocycles. The lowest BCUT2D eigenvalue weighted by atomic mass is 9.82. The fourth-order valence-electron chi connectivity index (χ4n) is 5.82. The van der Waals surface area contributed by atoms with Gasteiger partial charge in [-0.15, -0.1) is 11.3 Å². The van der Waals surface area contributed by atoms with E-state index in [1.807, 2.05) is 11.3 Å². The van der Waals surface area contributed by atoms with Crippen LogP contribution in [0.4, 0.5) is 0 Å². The van der Waals surface area contributed by atoms with E-state index >= 15 is 0 Å². The summed E-state index contributed by atoms with van der Waals surface area (Å²) in [7, 11) is 4.61. The van der Waals surface area contributed by atoms with Crippen LogP contribution in [0.1, 0.15) is 62.8 Å². The number of rotatable bonds is 5. The Bertz CT molecular complexity index is 646. The Morgan fingerprint density at radius 2 is 1.97 bits per heavy atom. The lowest BCUT2D eigenvalue weighted by Crippen LogP contribution is -2.56. The van der Waals surface area contributed by atoms with E-state index in [-0.39, 0.29) is 0 Å². The first-order valence-electron chi connectivity index (χ1n) is 11.7. The number of piperidine rings is 3. The summed E-state index contributed by atoms with van der Waals surface area (Å²) >= 11 is 1.89. The molecule has 6 heteroatoms. The van der Waals surface area contributed by atoms with Crippen molar-refractivity contribution in [2.24, 2.45) is 10.9 Å². The first-order chi connectivity index (χ1) is 14.2. The van der Waals surface area contributed by atoms with Gasteiger partial charge in [-0.1, -0.05) is 12.5 Å². The number of guanidine groups is 1. The summed E-state index contributed by atoms with van der Waals surface area (Å²) in [5, 5.41) is 9.54. The number of fused-ring (bicyclic) bond motifs is 2. The summed E-state index contributed by atoms with van der Waals surface area (Å²) in [4.78, 5) is 11.8. The van der Waals surface area contributed by atoms with Crippen LogP contribution in [0.3, 0.4) is 0 Å². The Kier molecular flexibility index (Phi) is 7.14. The third kappa shape index (κ3) is 4.97. The molecule has 0 spiro atoms. The number of nitrogens with one attached hydrogen (secondary N) is 2. The fourth-order valence-corrected chi connectivity index (χ4v) is 6.80. The van der Waals surface area contributed by atoms with Gasteiger partial charge in [-0.2, -0.15) is 0 Å². The summed E-state index contributed by atoms with van der Waals surface area (Å²) in [5.74, 6) is 1.62. The van der Waals surface area contributed by atoms with Crippen molar-refractivity contribution >= 4 is 17.3 Å². The lowest BCUT2D eigenvalue weighted by molar-refractivity contribution is 0.0526. The minimum atomic E-state index is 0.512. The molecule has 29 heavy (non-hydrogen) atoms. The number of nitrogens with zero attached hydrogens (tertiary/aromatic N) is 3. The maximum absolute atomic E-state index is 5.10. The summed E-state index contributed by atoms with van der Waals surface area (Å²) in [6.45, 7) is 5.19. The van der Waals surface area contributed by atoms with E-state index in [1.54, 1.807) is 0 Å². The molecule has 4 unspecified atom stereocenters. The second-order valence-corrected chi connectivity index (χ2v) is 10.3. The Morgan fingerprint density at radius 1 is 1.17 bits per heavy atom. The van der Waals surface area contributed by atoms with E-state index in [2.05, 4.69) is 59.0 Å². The zero-order chi connectivity index (χ0) is 20.2. The van der Waals surface area contributed by atoms with Crippen LogP contribution in [0.25, 0.3) is 0 Å². The van der Waals surface area contributed by atoms with Crippen LogP contribution in [0, 0.1) is 5.92 Å². The van der Waals surface area contributed by atoms with Crippen LogP contribution < -0.4 is 10.6 Å². The smallest absolute Gasteiger partial charge is 0.191 e. The van der Waals surface area contributed by atoms with Crippen LogP contribution >= 0.6 is 11.3 Å². The molecule has 0 amide bonds. The maximum Gasteiger partial charge on any atom is 0.191 e. The minimum Gasteiger partial charge on any atom is -0.357 e. The molecule has 3 aliphatic heterocycles. The third-order valence-electron chi connectivity index (χ3n) is 7.35. The average Bonchev–Trinajstić information content (AvgIpc) is 3.21. The van der Waals surface area contributed by atoms with E-state index in [1.165, 1.54) is 56.4 Å². The Morgan fingerprint density at radius 3 is 2.66 bits per heavy atom. The van der Waals surface area contributed by atoms with Crippen LogP contribution in [-0.4, -0.2) is 67.6 Å². The Hall–Kier alpha value is -1.11. The molecule has 1 aromatic rings. The predicted octanol–water partition coefficient (Wildman–Crippen LogP) is 3.70. The minimum absolute atomic E-state index is 0.512. The molecule has 0 radical (unpaired) electrons. The van der Waals surface area contributed by atoms with E-state index in [0.29, 0.717) is 18.0 Å². The van der Waals surface area contributed by atoms with E-state index in [0.717, 1.165) is 31.1 Å². The molecule has 162 valence electrons. The van der Waals surface area contributed by atoms with Crippen molar-refractivity contribution < 1.29 is 0 Å². The molecule has 5 nitrogen and oxygen atoms in total. The lowest BCUT2D eigenvalue weighted by Gasteiger charge is -2.47. The molecule has 2 N–H and O–H groups in total. The zero-order valence-electron chi connectivity index (χ0n) is 18.4. The van der Waals surface area contributed by atoms with Gasteiger partial charge >= 0.3 is 0 Å². The van der Waals surface area contributed by atoms with Crippen molar-refractivity contribution in [3.8, 4) is 0 Å². The average molecular weight is 418 g/mol. The van der Waals surface area contributed by atoms with E-state index in [9.17, 15) is 0 Å². The van der Waals surface area contributed by atoms with Gasteiger partial charge < -0.3 is 15.5 Å². The van der Waals surface area contributed by atoms with Crippen molar-refractivity contribution in [1.82, 2.24) is 20.4 Å². The Balaban J connectivity index is 1.41. The molecule has 1 aromatic heterocycles. The molecule has 4 heterocycles. The summed E-state index contributed by atoms with van der Waals surface area (Å²) < 4.78 is 0. The molecule has 0 aromatic carbocycles. The number of hydrogen-bond donors (Lipinski definition) is 2. The first kappa shape index (κ1) is 21.1. The van der Waals surface area contributed by atoms with Gasteiger partial charge in [0, 0.05) is 42.1 Å². The summed E-state index contributed by atoms with van der Waals surface area (Å²) in [5.41, 5.74) is 0. The van der Waals surface area contributed by atoms with Gasteiger partial charge in [-0.05, 0) is 83.5 Å². The molecule has 3 aliphatic rings. The number of hydrogen-bond acceptors (Lipinski definition) is 4. The summed E-state index contributed by atoms with van der Waals surface area (Å²) in [6, 6.07) is 7.05. The second kappa shape index (κ2) is 9.80. The molecular weight excluding hydrogens is 378 g/mol. The van der Waals surface area contributed by atoms with Crippen molar-refractivity contribution in [2.75, 3.05) is 33.7 Å². The molecule has 4 rings (SSSR count).